The summed E-state index contributed by atoms with van der Waals surface area (Å²) in [5.74, 6) is -3.79. The maximum absolute atomic E-state index is 14.7. The lowest BCUT2D eigenvalue weighted by molar-refractivity contribution is -0.144. The number of urea groups is 1. The lowest BCUT2D eigenvalue weighted by Gasteiger charge is -2.38. The van der Waals surface area contributed by atoms with Crippen LogP contribution in [0.2, 0.25) is 0 Å². The highest BCUT2D eigenvalue weighted by atomic mass is 32.2. The van der Waals surface area contributed by atoms with Crippen molar-refractivity contribution >= 4 is 61.7 Å². The van der Waals surface area contributed by atoms with Crippen molar-refractivity contribution in [1.82, 2.24) is 45.8 Å². The van der Waals surface area contributed by atoms with Gasteiger partial charge >= 0.3 is 12.1 Å². The number of aliphatic hydroxyl groups is 1. The van der Waals surface area contributed by atoms with E-state index in [1.54, 1.807) is 82.2 Å². The van der Waals surface area contributed by atoms with Gasteiger partial charge in [-0.05, 0) is 137 Å². The number of carbonyl (C=O) groups is 7. The number of likely N-dealkylation sites (tertiary alicyclic amines) is 2. The van der Waals surface area contributed by atoms with E-state index in [2.05, 4.69) is 36.0 Å². The average Bonchev–Trinajstić information content (AvgIpc) is 4.20. The van der Waals surface area contributed by atoms with Crippen molar-refractivity contribution in [2.75, 3.05) is 13.1 Å². The molecule has 450 valence electrons. The van der Waals surface area contributed by atoms with E-state index in [4.69, 9.17) is 4.74 Å². The molecule has 4 fully saturated rings. The summed E-state index contributed by atoms with van der Waals surface area (Å²) >= 11 is 0. The van der Waals surface area contributed by atoms with Crippen LogP contribution in [-0.4, -0.2) is 134 Å². The molecule has 0 bridgehead atoms. The number of ether oxygens (including phenoxy) is 1. The quantitative estimate of drug-likeness (QED) is 0.0885. The minimum absolute atomic E-state index is 0.0388. The fourth-order valence-electron chi connectivity index (χ4n) is 10.8. The molecule has 4 unspecified atom stereocenters. The number of alkyl carbamates (subject to hydrolysis) is 1. The van der Waals surface area contributed by atoms with Gasteiger partial charge in [0.2, 0.25) is 33.7 Å². The first-order valence-electron chi connectivity index (χ1n) is 27.9. The minimum atomic E-state index is -4.42. The molecule has 81 heavy (non-hydrogen) atoms. The van der Waals surface area contributed by atoms with Gasteiger partial charge in [0, 0.05) is 13.1 Å². The van der Waals surface area contributed by atoms with Crippen molar-refractivity contribution in [3.05, 3.63) is 60.2 Å². The third-order valence-electron chi connectivity index (χ3n) is 16.0. The van der Waals surface area contributed by atoms with E-state index in [1.807, 2.05) is 27.7 Å². The van der Waals surface area contributed by atoms with E-state index in [0.29, 0.717) is 18.4 Å². The first kappa shape index (κ1) is 64.3. The Kier molecular flexibility index (Phi) is 18.6. The molecule has 0 aromatic heterocycles. The molecular formula is C57H87N9O13S2. The fraction of sp³-hybridized carbons (Fsp3) is 0.667. The Bertz CT molecular complexity index is 2920. The molecule has 0 radical (unpaired) electrons. The van der Waals surface area contributed by atoms with Crippen LogP contribution < -0.4 is 36.0 Å². The van der Waals surface area contributed by atoms with Gasteiger partial charge in [-0.2, -0.15) is 4.72 Å². The summed E-state index contributed by atoms with van der Waals surface area (Å²) < 4.78 is 63.7. The van der Waals surface area contributed by atoms with Crippen LogP contribution in [0.5, 0.6) is 0 Å². The number of sulfonamides is 2. The van der Waals surface area contributed by atoms with Gasteiger partial charge in [-0.25, -0.2) is 31.1 Å². The third kappa shape index (κ3) is 15.0. The first-order valence-corrected chi connectivity index (χ1v) is 30.9. The molecule has 24 heteroatoms. The molecule has 4 aliphatic rings. The summed E-state index contributed by atoms with van der Waals surface area (Å²) in [6.45, 7) is 27.3. The molecule has 2 aromatic rings. The maximum Gasteiger partial charge on any atom is 0.408 e. The van der Waals surface area contributed by atoms with Crippen molar-refractivity contribution < 1.29 is 60.2 Å². The van der Waals surface area contributed by atoms with Crippen molar-refractivity contribution in [2.45, 2.75) is 205 Å². The van der Waals surface area contributed by atoms with Gasteiger partial charge in [0.1, 0.15) is 41.5 Å². The molecular weight excluding hydrogens is 1080 g/mol. The van der Waals surface area contributed by atoms with E-state index in [9.17, 15) is 55.5 Å². The Morgan fingerprint density at radius 1 is 0.617 bits per heavy atom. The van der Waals surface area contributed by atoms with Crippen LogP contribution >= 0.6 is 0 Å². The summed E-state index contributed by atoms with van der Waals surface area (Å²) in [6.07, 6.45) is -0.736. The molecule has 2 aliphatic carbocycles. The van der Waals surface area contributed by atoms with Crippen LogP contribution in [0.4, 0.5) is 9.59 Å². The van der Waals surface area contributed by atoms with E-state index >= 15 is 0 Å². The minimum Gasteiger partial charge on any atom is -0.444 e. The predicted octanol–water partition coefficient (Wildman–Crippen LogP) is 4.72. The SMILES string of the molecule is CC(C)C1CCN(C(=O)C(NC(=O)NC(C)(C)c2ccc(S(=O)(=O)NC(O)C3(NC(=O)[C@@H]4[C@@H](C(C)C)CCN4C(=O)C(NC(=O)OC(C)(C)C)C(C)(C)C)CC3)cc2)C(C)(C)C)[C@@H]1C(=O)NC1(C(=O)NS(=O)(=O)c2ccccc2)CC1. The molecule has 2 saturated carbocycles. The number of carbonyl (C=O) groups excluding carboxylic acids is 7. The monoisotopic (exact) mass is 1170 g/mol. The van der Waals surface area contributed by atoms with E-state index in [1.165, 1.54) is 58.3 Å². The molecule has 8 amide bonds. The molecule has 2 aliphatic heterocycles. The lowest BCUT2D eigenvalue weighted by atomic mass is 9.84. The number of hydrogen-bond acceptors (Lipinski definition) is 13. The van der Waals surface area contributed by atoms with E-state index in [0.717, 1.165) is 0 Å². The van der Waals surface area contributed by atoms with Crippen LogP contribution in [0.25, 0.3) is 0 Å². The van der Waals surface area contributed by atoms with Crippen LogP contribution in [0.3, 0.4) is 0 Å². The Hall–Kier alpha value is -5.85. The molecule has 0 spiro atoms. The molecule has 7 atom stereocenters. The summed E-state index contributed by atoms with van der Waals surface area (Å²) in [5, 5.41) is 25.6. The molecule has 22 nitrogen and oxygen atoms in total. The van der Waals surface area contributed by atoms with Crippen LogP contribution in [0.1, 0.15) is 148 Å². The number of nitrogens with one attached hydrogen (secondary N) is 7. The number of benzene rings is 2. The van der Waals surface area contributed by atoms with Crippen molar-refractivity contribution in [3.8, 4) is 0 Å². The fourth-order valence-corrected chi connectivity index (χ4v) is 13.0. The largest absolute Gasteiger partial charge is 0.444 e. The normalized spacial score (nSPS) is 22.0. The second-order valence-electron chi connectivity index (χ2n) is 26.8. The van der Waals surface area contributed by atoms with E-state index < -0.39 is 125 Å². The van der Waals surface area contributed by atoms with Crippen molar-refractivity contribution in [3.63, 3.8) is 0 Å². The van der Waals surface area contributed by atoms with Gasteiger partial charge in [-0.15, -0.1) is 0 Å². The zero-order valence-corrected chi connectivity index (χ0v) is 51.2. The second-order valence-corrected chi connectivity index (χ2v) is 30.2. The predicted molar refractivity (Wildman–Crippen MR) is 302 cm³/mol. The second kappa shape index (κ2) is 23.4. The number of nitrogens with zero attached hydrogens (tertiary/aromatic N) is 2. The highest BCUT2D eigenvalue weighted by Gasteiger charge is 2.57. The zero-order valence-electron chi connectivity index (χ0n) is 49.6. The highest BCUT2D eigenvalue weighted by Crippen LogP contribution is 2.42. The highest BCUT2D eigenvalue weighted by molar-refractivity contribution is 7.90. The Balaban J connectivity index is 1.10. The third-order valence-corrected chi connectivity index (χ3v) is 18.7. The Morgan fingerprint density at radius 3 is 1.51 bits per heavy atom. The van der Waals surface area contributed by atoms with Gasteiger partial charge in [0.15, 0.2) is 0 Å². The van der Waals surface area contributed by atoms with Gasteiger partial charge in [-0.1, -0.05) is 99.6 Å². The lowest BCUT2D eigenvalue weighted by Crippen LogP contribution is -2.62. The molecule has 6 rings (SSSR count). The molecule has 8 N–H and O–H groups in total. The van der Waals surface area contributed by atoms with Crippen LogP contribution in [-0.2, 0) is 54.3 Å². The smallest absolute Gasteiger partial charge is 0.408 e. The van der Waals surface area contributed by atoms with Crippen LogP contribution in [0.15, 0.2) is 64.4 Å². The Morgan fingerprint density at radius 2 is 1.07 bits per heavy atom. The molecule has 2 heterocycles. The standard InChI is InChI=1S/C57H87N9O13S2/c1-33(2)38-25-31-65(40(38)44(67)60-56(27-28-56)48(71)63-80(75,76)36-19-17-16-18-20-36)46(69)42(52(5,6)7)58-50(73)62-55(14,15)35-21-23-37(24-22-35)81(77,78)64-49(72)57(29-30-57)61-45(68)41-39(34(3)4)26-32-66(41)47(70)43(53(8,9)10)59-51(74)79-54(11,12)13/h16-24,33-34,38-43,49,64,72H,25-32H2,1-15H3,(H,59,74)(H,60,67)(H,61,68)(H,63,71)(H2,58,62,73)/t38?,39-,40+,41+,42?,43?,49?/m1/s1. The van der Waals surface area contributed by atoms with Gasteiger partial charge in [-0.3, -0.25) is 24.0 Å². The van der Waals surface area contributed by atoms with E-state index in [-0.39, 0.29) is 72.2 Å². The van der Waals surface area contributed by atoms with Gasteiger partial charge in [0.05, 0.1) is 20.9 Å². The van der Waals surface area contributed by atoms with Gasteiger partial charge in [0.25, 0.3) is 15.9 Å². The summed E-state index contributed by atoms with van der Waals surface area (Å²) in [6, 6.07) is 7.99. The summed E-state index contributed by atoms with van der Waals surface area (Å²) in [5.41, 5.74) is -6.05. The van der Waals surface area contributed by atoms with Crippen LogP contribution in [0, 0.1) is 34.5 Å². The zero-order chi connectivity index (χ0) is 60.8. The van der Waals surface area contributed by atoms with Gasteiger partial charge < -0.3 is 46.2 Å². The first-order chi connectivity index (χ1) is 37.1. The molecule has 2 aromatic carbocycles. The number of aliphatic hydroxyl groups excluding tert-OH is 1. The summed E-state index contributed by atoms with van der Waals surface area (Å²) in [4.78, 5) is 101. The van der Waals surface area contributed by atoms with Crippen molar-refractivity contribution in [1.29, 1.82) is 0 Å². The maximum atomic E-state index is 14.7. The average molecular weight is 1170 g/mol. The Labute approximate surface area is 478 Å². The topological polar surface area (TPSA) is 308 Å². The number of amides is 8. The number of rotatable bonds is 19. The molecule has 2 saturated heterocycles. The number of hydrogen-bond donors (Lipinski definition) is 8. The van der Waals surface area contributed by atoms with Crippen molar-refractivity contribution in [2.24, 2.45) is 34.5 Å². The summed E-state index contributed by atoms with van der Waals surface area (Å²) in [7, 11) is -8.66.